The number of rotatable bonds is 6. The molecule has 1 aromatic heterocycles. The van der Waals surface area contributed by atoms with Gasteiger partial charge in [-0.2, -0.15) is 0 Å². The predicted octanol–water partition coefficient (Wildman–Crippen LogP) is 3.12. The van der Waals surface area contributed by atoms with E-state index < -0.39 is 21.4 Å². The maximum absolute atomic E-state index is 14.9. The van der Waals surface area contributed by atoms with E-state index in [4.69, 9.17) is 5.73 Å². The normalized spacial score (nSPS) is 15.8. The van der Waals surface area contributed by atoms with Gasteiger partial charge < -0.3 is 10.8 Å². The molecule has 1 aliphatic rings. The van der Waals surface area contributed by atoms with Crippen molar-refractivity contribution in [3.63, 3.8) is 0 Å². The largest absolute Gasteiger partial charge is 0.394 e. The smallest absolute Gasteiger partial charge is 0.241 e. The molecule has 4 rings (SSSR count). The molecule has 0 aliphatic heterocycles. The molecule has 4 N–H and O–H groups in total. The molecule has 0 spiro atoms. The van der Waals surface area contributed by atoms with Gasteiger partial charge in [0.15, 0.2) is 0 Å². The maximum Gasteiger partial charge on any atom is 0.241 e. The third-order valence-electron chi connectivity index (χ3n) is 5.62. The minimum atomic E-state index is -3.94. The van der Waals surface area contributed by atoms with Gasteiger partial charge in [0.05, 0.1) is 35.1 Å². The molecule has 1 fully saturated rings. The molecule has 3 aromatic rings. The van der Waals surface area contributed by atoms with Gasteiger partial charge in [0, 0.05) is 11.1 Å². The molecule has 0 radical (unpaired) electrons. The van der Waals surface area contributed by atoms with Crippen LogP contribution in [0.5, 0.6) is 0 Å². The first-order valence-electron chi connectivity index (χ1n) is 9.95. The molecule has 162 valence electrons. The molecule has 0 amide bonds. The Hall–Kier alpha value is -2.88. The highest BCUT2D eigenvalue weighted by molar-refractivity contribution is 7.89. The summed E-state index contributed by atoms with van der Waals surface area (Å²) in [5.74, 6) is -0.324. The van der Waals surface area contributed by atoms with Crippen molar-refractivity contribution < 1.29 is 17.9 Å². The fraction of sp³-hybridized carbons (Fsp3) is 0.273. The van der Waals surface area contributed by atoms with Crippen LogP contribution in [0.15, 0.2) is 59.8 Å². The topological polar surface area (TPSA) is 118 Å². The fourth-order valence-electron chi connectivity index (χ4n) is 3.99. The molecule has 1 saturated carbocycles. The summed E-state index contributed by atoms with van der Waals surface area (Å²) < 4.78 is 44.0. The monoisotopic (exact) mass is 442 g/mol. The molecule has 1 aliphatic carbocycles. The second kappa shape index (κ2) is 8.33. The van der Waals surface area contributed by atoms with Crippen molar-refractivity contribution in [3.8, 4) is 22.4 Å². The minimum Gasteiger partial charge on any atom is -0.394 e. The average Bonchev–Trinajstić information content (AvgIpc) is 3.23. The molecule has 31 heavy (non-hydrogen) atoms. The van der Waals surface area contributed by atoms with E-state index in [1.807, 2.05) is 0 Å². The van der Waals surface area contributed by atoms with Gasteiger partial charge >= 0.3 is 0 Å². The van der Waals surface area contributed by atoms with Crippen molar-refractivity contribution in [1.29, 1.82) is 0 Å². The lowest BCUT2D eigenvalue weighted by atomic mass is 10.0. The van der Waals surface area contributed by atoms with Crippen molar-refractivity contribution in [2.45, 2.75) is 36.1 Å². The van der Waals surface area contributed by atoms with Crippen molar-refractivity contribution in [1.82, 2.24) is 14.7 Å². The summed E-state index contributed by atoms with van der Waals surface area (Å²) in [7, 11) is -3.94. The lowest BCUT2D eigenvalue weighted by Crippen LogP contribution is -2.49. The Morgan fingerprint density at radius 3 is 2.45 bits per heavy atom. The van der Waals surface area contributed by atoms with E-state index >= 15 is 0 Å². The fourth-order valence-corrected chi connectivity index (χ4v) is 5.67. The third-order valence-corrected chi connectivity index (χ3v) is 7.26. The van der Waals surface area contributed by atoms with Crippen LogP contribution in [0.3, 0.4) is 0 Å². The molecule has 0 bridgehead atoms. The standard InChI is InChI=1S/C22H23FN4O3S/c23-18-11-15(7-8-17(18)19-12-26-21(24)13-25-19)16-5-1-2-6-20(16)31(29,30)27-22(14-28)9-3-4-10-22/h1-2,5-8,11-13,27-28H,3-4,9-10,14H2,(H2,24,26). The molecule has 1 heterocycles. The van der Waals surface area contributed by atoms with Crippen LogP contribution < -0.4 is 10.5 Å². The number of nitrogens with two attached hydrogens (primary N) is 1. The number of nitrogen functional groups attached to an aromatic ring is 1. The zero-order chi connectivity index (χ0) is 22.1. The second-order valence-electron chi connectivity index (χ2n) is 7.77. The Kier molecular flexibility index (Phi) is 5.74. The lowest BCUT2D eigenvalue weighted by molar-refractivity contribution is 0.185. The van der Waals surface area contributed by atoms with E-state index in [1.54, 1.807) is 24.3 Å². The Balaban J connectivity index is 1.72. The number of nitrogens with one attached hydrogen (secondary N) is 1. The van der Waals surface area contributed by atoms with Gasteiger partial charge in [-0.05, 0) is 36.6 Å². The summed E-state index contributed by atoms with van der Waals surface area (Å²) in [5, 5.41) is 9.81. The molecule has 0 unspecified atom stereocenters. The van der Waals surface area contributed by atoms with Crippen LogP contribution in [0.2, 0.25) is 0 Å². The first kappa shape index (κ1) is 21.4. The molecule has 2 aromatic carbocycles. The van der Waals surface area contributed by atoms with Gasteiger partial charge in [-0.25, -0.2) is 22.5 Å². The number of aliphatic hydroxyl groups is 1. The van der Waals surface area contributed by atoms with Crippen molar-refractivity contribution in [3.05, 3.63) is 60.7 Å². The Morgan fingerprint density at radius 1 is 1.06 bits per heavy atom. The van der Waals surface area contributed by atoms with Crippen molar-refractivity contribution in [2.24, 2.45) is 0 Å². The highest BCUT2D eigenvalue weighted by atomic mass is 32.2. The highest BCUT2D eigenvalue weighted by Gasteiger charge is 2.38. The van der Waals surface area contributed by atoms with Gasteiger partial charge in [-0.15, -0.1) is 0 Å². The molecule has 0 atom stereocenters. The van der Waals surface area contributed by atoms with E-state index in [0.717, 1.165) is 12.8 Å². The van der Waals surface area contributed by atoms with Gasteiger partial charge in [-0.1, -0.05) is 37.1 Å². The zero-order valence-corrected chi connectivity index (χ0v) is 17.6. The number of nitrogens with zero attached hydrogens (tertiary/aromatic N) is 2. The summed E-state index contributed by atoms with van der Waals surface area (Å²) in [5.41, 5.74) is 6.02. The first-order valence-corrected chi connectivity index (χ1v) is 11.4. The number of benzene rings is 2. The number of sulfonamides is 1. The van der Waals surface area contributed by atoms with E-state index in [0.29, 0.717) is 29.7 Å². The summed E-state index contributed by atoms with van der Waals surface area (Å²) in [6, 6.07) is 10.9. The van der Waals surface area contributed by atoms with Crippen molar-refractivity contribution >= 4 is 15.8 Å². The summed E-state index contributed by atoms with van der Waals surface area (Å²) in [6.45, 7) is -0.264. The van der Waals surface area contributed by atoms with Crippen LogP contribution in [0, 0.1) is 5.82 Å². The van der Waals surface area contributed by atoms with E-state index in [9.17, 15) is 17.9 Å². The van der Waals surface area contributed by atoms with Crippen molar-refractivity contribution in [2.75, 3.05) is 12.3 Å². The lowest BCUT2D eigenvalue weighted by Gasteiger charge is -2.28. The minimum absolute atomic E-state index is 0.0363. The SMILES string of the molecule is Nc1cnc(-c2ccc(-c3ccccc3S(=O)(=O)NC3(CO)CCCC3)cc2F)cn1. The first-order chi connectivity index (χ1) is 14.8. The average molecular weight is 443 g/mol. The number of aromatic nitrogens is 2. The van der Waals surface area contributed by atoms with Crippen LogP contribution in [-0.2, 0) is 10.0 Å². The van der Waals surface area contributed by atoms with Crippen LogP contribution in [0.1, 0.15) is 25.7 Å². The number of halogens is 1. The second-order valence-corrected chi connectivity index (χ2v) is 9.42. The molecule has 7 nitrogen and oxygen atoms in total. The van der Waals surface area contributed by atoms with Crippen LogP contribution >= 0.6 is 0 Å². The Bertz CT molecular complexity index is 1190. The van der Waals surface area contributed by atoms with E-state index in [2.05, 4.69) is 14.7 Å². The molecule has 9 heteroatoms. The zero-order valence-electron chi connectivity index (χ0n) is 16.8. The number of hydrogen-bond donors (Lipinski definition) is 3. The molecule has 0 saturated heterocycles. The molecular weight excluding hydrogens is 419 g/mol. The van der Waals surface area contributed by atoms with Gasteiger partial charge in [0.1, 0.15) is 11.6 Å². The van der Waals surface area contributed by atoms with E-state index in [1.165, 1.54) is 30.6 Å². The van der Waals surface area contributed by atoms with E-state index in [-0.39, 0.29) is 22.9 Å². The third kappa shape index (κ3) is 4.30. The summed E-state index contributed by atoms with van der Waals surface area (Å²) >= 11 is 0. The Morgan fingerprint density at radius 2 is 1.81 bits per heavy atom. The van der Waals surface area contributed by atoms with Crippen LogP contribution in [0.25, 0.3) is 22.4 Å². The van der Waals surface area contributed by atoms with Gasteiger partial charge in [0.25, 0.3) is 0 Å². The summed E-state index contributed by atoms with van der Waals surface area (Å²) in [4.78, 5) is 8.05. The maximum atomic E-state index is 14.9. The van der Waals surface area contributed by atoms with Crippen LogP contribution in [-0.4, -0.2) is 35.6 Å². The Labute approximate surface area is 180 Å². The summed E-state index contributed by atoms with van der Waals surface area (Å²) in [6.07, 6.45) is 5.59. The predicted molar refractivity (Wildman–Crippen MR) is 116 cm³/mol. The van der Waals surface area contributed by atoms with Gasteiger partial charge in [-0.3, -0.25) is 4.98 Å². The molecular formula is C22H23FN4O3S. The number of aliphatic hydroxyl groups excluding tert-OH is 1. The number of hydrogen-bond acceptors (Lipinski definition) is 6. The van der Waals surface area contributed by atoms with Crippen LogP contribution in [0.4, 0.5) is 10.2 Å². The quantitative estimate of drug-likeness (QED) is 0.540. The van der Waals surface area contributed by atoms with Gasteiger partial charge in [0.2, 0.25) is 10.0 Å². The number of anilines is 1. The highest BCUT2D eigenvalue weighted by Crippen LogP contribution is 2.34.